The summed E-state index contributed by atoms with van der Waals surface area (Å²) in [6.45, 7) is 4.52. The lowest BCUT2D eigenvalue weighted by atomic mass is 9.40. The highest BCUT2D eigenvalue weighted by Crippen LogP contribution is 2.67. The van der Waals surface area contributed by atoms with Crippen LogP contribution in [0.1, 0.15) is 0 Å². The third-order valence-electron chi connectivity index (χ3n) is 9.08. The second-order valence-electron chi connectivity index (χ2n) is 10.2. The third-order valence-corrected chi connectivity index (χ3v) is 9.08. The molecule has 2 aromatic carbocycles. The largest absolute Gasteiger partial charge is 0.508 e. The highest BCUT2D eigenvalue weighted by atomic mass is 16.3. The standard InChI is InChI=1S/C26H28N2O2/c29-17-5-1-3-15(9-17)27-11-21-19-7-8-20(22(21)12-27)26-24-14-28(13-23(24)25(19)26)16-4-2-6-18(30)10-16/h1-10,19-26,29-30H,11-14H2/t19-,20+,21-,22+,23-,24+,25+,26-. The molecule has 0 aromatic heterocycles. The minimum absolute atomic E-state index is 0.366. The van der Waals surface area contributed by atoms with E-state index in [1.807, 2.05) is 24.3 Å². The number of hydrogen-bond donors (Lipinski definition) is 2. The molecule has 2 aromatic rings. The fraction of sp³-hybridized carbons (Fsp3) is 0.462. The molecule has 2 saturated heterocycles. The number of phenolic OH excluding ortho intramolecular Hbond substituents is 2. The van der Waals surface area contributed by atoms with Crippen LogP contribution in [0.2, 0.25) is 0 Å². The average Bonchev–Trinajstić information content (AvgIpc) is 3.35. The monoisotopic (exact) mass is 400 g/mol. The van der Waals surface area contributed by atoms with Crippen LogP contribution in [-0.4, -0.2) is 36.4 Å². The maximum Gasteiger partial charge on any atom is 0.117 e. The first-order valence-electron chi connectivity index (χ1n) is 11.4. The molecule has 154 valence electrons. The van der Waals surface area contributed by atoms with Crippen molar-refractivity contribution in [3.8, 4) is 11.5 Å². The van der Waals surface area contributed by atoms with E-state index in [-0.39, 0.29) is 0 Å². The highest BCUT2D eigenvalue weighted by Gasteiger charge is 2.66. The first-order chi connectivity index (χ1) is 14.7. The van der Waals surface area contributed by atoms with E-state index in [0.717, 1.165) is 61.7 Å². The van der Waals surface area contributed by atoms with Crippen molar-refractivity contribution >= 4 is 11.4 Å². The molecule has 8 atom stereocenters. The smallest absolute Gasteiger partial charge is 0.117 e. The van der Waals surface area contributed by atoms with Crippen molar-refractivity contribution in [1.82, 2.24) is 0 Å². The van der Waals surface area contributed by atoms with Crippen molar-refractivity contribution in [3.05, 3.63) is 60.7 Å². The predicted octanol–water partition coefficient (Wildman–Crippen LogP) is 3.96. The number of benzene rings is 2. The summed E-state index contributed by atoms with van der Waals surface area (Å²) in [5.41, 5.74) is 2.35. The summed E-state index contributed by atoms with van der Waals surface area (Å²) in [5.74, 6) is 6.90. The van der Waals surface area contributed by atoms with Gasteiger partial charge in [-0.15, -0.1) is 0 Å². The molecule has 8 rings (SSSR count). The number of anilines is 2. The number of hydrogen-bond acceptors (Lipinski definition) is 4. The zero-order valence-electron chi connectivity index (χ0n) is 17.0. The number of rotatable bonds is 2. The third kappa shape index (κ3) is 2.22. The van der Waals surface area contributed by atoms with E-state index in [2.05, 4.69) is 34.1 Å². The van der Waals surface area contributed by atoms with Crippen LogP contribution in [0.5, 0.6) is 11.5 Å². The molecule has 0 radical (unpaired) electrons. The summed E-state index contributed by atoms with van der Waals surface area (Å²) in [7, 11) is 0. The van der Waals surface area contributed by atoms with Crippen molar-refractivity contribution in [1.29, 1.82) is 0 Å². The Morgan fingerprint density at radius 1 is 0.600 bits per heavy atom. The molecule has 4 heteroatoms. The molecular formula is C26H28N2O2. The Morgan fingerprint density at radius 3 is 1.47 bits per heavy atom. The lowest BCUT2D eigenvalue weighted by molar-refractivity contribution is -0.119. The van der Waals surface area contributed by atoms with Gasteiger partial charge in [-0.3, -0.25) is 0 Å². The van der Waals surface area contributed by atoms with Crippen molar-refractivity contribution in [2.24, 2.45) is 47.3 Å². The first kappa shape index (κ1) is 17.1. The van der Waals surface area contributed by atoms with E-state index in [4.69, 9.17) is 0 Å². The molecule has 4 nitrogen and oxygen atoms in total. The summed E-state index contributed by atoms with van der Waals surface area (Å²) in [4.78, 5) is 5.03. The van der Waals surface area contributed by atoms with E-state index < -0.39 is 0 Å². The molecule has 4 fully saturated rings. The molecule has 2 N–H and O–H groups in total. The van der Waals surface area contributed by atoms with Gasteiger partial charge in [-0.1, -0.05) is 24.3 Å². The predicted molar refractivity (Wildman–Crippen MR) is 118 cm³/mol. The van der Waals surface area contributed by atoms with Crippen LogP contribution in [0.3, 0.4) is 0 Å². The van der Waals surface area contributed by atoms with E-state index in [0.29, 0.717) is 23.3 Å². The van der Waals surface area contributed by atoms with Crippen LogP contribution < -0.4 is 9.80 Å². The van der Waals surface area contributed by atoms with E-state index in [9.17, 15) is 10.2 Å². The summed E-state index contributed by atoms with van der Waals surface area (Å²) >= 11 is 0. The minimum atomic E-state index is 0.366. The van der Waals surface area contributed by atoms with Crippen molar-refractivity contribution in [2.45, 2.75) is 0 Å². The fourth-order valence-corrected chi connectivity index (χ4v) is 8.02. The molecule has 2 aliphatic heterocycles. The van der Waals surface area contributed by atoms with Crippen LogP contribution in [0.4, 0.5) is 11.4 Å². The Bertz CT molecular complexity index is 999. The molecule has 2 bridgehead atoms. The van der Waals surface area contributed by atoms with Gasteiger partial charge in [-0.2, -0.15) is 0 Å². The molecule has 2 heterocycles. The van der Waals surface area contributed by atoms with Crippen LogP contribution in [0.15, 0.2) is 60.7 Å². The quantitative estimate of drug-likeness (QED) is 0.749. The van der Waals surface area contributed by atoms with E-state index in [1.165, 1.54) is 11.4 Å². The van der Waals surface area contributed by atoms with Gasteiger partial charge in [0.2, 0.25) is 0 Å². The summed E-state index contributed by atoms with van der Waals surface area (Å²) in [6, 6.07) is 15.6. The van der Waals surface area contributed by atoms with Gasteiger partial charge in [0.05, 0.1) is 0 Å². The number of nitrogens with zero attached hydrogens (tertiary/aromatic N) is 2. The number of phenols is 2. The topological polar surface area (TPSA) is 46.9 Å². The number of aromatic hydroxyl groups is 2. The van der Waals surface area contributed by atoms with Crippen LogP contribution in [0, 0.1) is 47.3 Å². The van der Waals surface area contributed by atoms with Gasteiger partial charge in [0.25, 0.3) is 0 Å². The SMILES string of the molecule is Oc1cccc(N2C[C@@H]3[C@H]4C=C[C@@H]([C@@H]3C2)[C@@H]2[C@H]3CN(c5cccc(O)c5)C[C@H]3[C@H]42)c1. The van der Waals surface area contributed by atoms with Gasteiger partial charge < -0.3 is 20.0 Å². The number of fused-ring (bicyclic) bond motifs is 1. The van der Waals surface area contributed by atoms with Gasteiger partial charge in [0.1, 0.15) is 11.5 Å². The van der Waals surface area contributed by atoms with Gasteiger partial charge >= 0.3 is 0 Å². The molecule has 0 unspecified atom stereocenters. The highest BCUT2D eigenvalue weighted by molar-refractivity contribution is 5.54. The van der Waals surface area contributed by atoms with Gasteiger partial charge in [-0.05, 0) is 71.6 Å². The first-order valence-corrected chi connectivity index (χ1v) is 11.4. The van der Waals surface area contributed by atoms with Gasteiger partial charge in [0.15, 0.2) is 0 Å². The summed E-state index contributed by atoms with van der Waals surface area (Å²) in [6.07, 6.45) is 5.12. The Morgan fingerprint density at radius 2 is 1.03 bits per heavy atom. The molecule has 2 saturated carbocycles. The zero-order chi connectivity index (χ0) is 20.0. The normalized spacial score (nSPS) is 40.1. The molecule has 30 heavy (non-hydrogen) atoms. The second-order valence-corrected chi connectivity index (χ2v) is 10.2. The van der Waals surface area contributed by atoms with E-state index in [1.54, 1.807) is 12.1 Å². The fourth-order valence-electron chi connectivity index (χ4n) is 8.02. The molecule has 0 spiro atoms. The van der Waals surface area contributed by atoms with Crippen molar-refractivity contribution < 1.29 is 10.2 Å². The maximum absolute atomic E-state index is 9.93. The molecule has 4 aliphatic carbocycles. The van der Waals surface area contributed by atoms with E-state index >= 15 is 0 Å². The van der Waals surface area contributed by atoms with Crippen LogP contribution >= 0.6 is 0 Å². The Kier molecular flexibility index (Phi) is 3.40. The molecule has 0 amide bonds. The Labute approximate surface area is 177 Å². The Balaban J connectivity index is 1.14. The average molecular weight is 401 g/mol. The van der Waals surface area contributed by atoms with Crippen molar-refractivity contribution in [3.63, 3.8) is 0 Å². The van der Waals surface area contributed by atoms with Crippen LogP contribution in [-0.2, 0) is 0 Å². The zero-order valence-corrected chi connectivity index (χ0v) is 17.0. The minimum Gasteiger partial charge on any atom is -0.508 e. The maximum atomic E-state index is 9.93. The lowest BCUT2D eigenvalue weighted by Gasteiger charge is -2.63. The van der Waals surface area contributed by atoms with Crippen molar-refractivity contribution in [2.75, 3.05) is 36.0 Å². The Hall–Kier alpha value is -2.62. The number of allylic oxidation sites excluding steroid dienone is 2. The van der Waals surface area contributed by atoms with Gasteiger partial charge in [-0.25, -0.2) is 0 Å². The van der Waals surface area contributed by atoms with Crippen LogP contribution in [0.25, 0.3) is 0 Å². The molecule has 6 aliphatic rings. The van der Waals surface area contributed by atoms with Gasteiger partial charge in [0, 0.05) is 49.7 Å². The second kappa shape index (κ2) is 5.96. The summed E-state index contributed by atoms with van der Waals surface area (Å²) in [5, 5.41) is 19.8. The molecular weight excluding hydrogens is 372 g/mol. The summed E-state index contributed by atoms with van der Waals surface area (Å²) < 4.78 is 0. The lowest BCUT2D eigenvalue weighted by Crippen LogP contribution is -2.61.